The van der Waals surface area contributed by atoms with Crippen LogP contribution in [0.2, 0.25) is 0 Å². The van der Waals surface area contributed by atoms with E-state index in [1.54, 1.807) is 6.33 Å². The Bertz CT molecular complexity index is 647. The van der Waals surface area contributed by atoms with Gasteiger partial charge in [0.1, 0.15) is 11.3 Å². The number of rotatable bonds is 6. The Labute approximate surface area is 131 Å². The molecule has 1 aromatic carbocycles. The third kappa shape index (κ3) is 3.67. The molecular formula is C17H23N3O2. The summed E-state index contributed by atoms with van der Waals surface area (Å²) in [4.78, 5) is 16.6. The lowest BCUT2D eigenvalue weighted by atomic mass is 10.0. The fourth-order valence-electron chi connectivity index (χ4n) is 2.15. The number of imidazole rings is 1. The van der Waals surface area contributed by atoms with Gasteiger partial charge in [-0.25, -0.2) is 4.98 Å². The molecule has 2 rings (SSSR count). The zero-order chi connectivity index (χ0) is 16.2. The smallest absolute Gasteiger partial charge is 0.245 e. The molecule has 0 aliphatic carbocycles. The third-order valence-corrected chi connectivity index (χ3v) is 3.58. The number of carbonyl (C=O) groups excluding carboxylic acids is 1. The van der Waals surface area contributed by atoms with Crippen molar-refractivity contribution in [1.82, 2.24) is 14.9 Å². The van der Waals surface area contributed by atoms with Crippen LogP contribution in [0.25, 0.3) is 0 Å². The van der Waals surface area contributed by atoms with Crippen molar-refractivity contribution >= 4 is 5.91 Å². The highest BCUT2D eigenvalue weighted by Crippen LogP contribution is 2.17. The Morgan fingerprint density at radius 2 is 2.18 bits per heavy atom. The van der Waals surface area contributed by atoms with Gasteiger partial charge in [0.05, 0.1) is 18.6 Å². The standard InChI is InChI=1S/C17H23N3O2/c1-5-22-15-8-6-7-14(9-15)10-18-16(21)17(3,4)20-11-13(2)19-12-20/h6-9,11-12H,5,10H2,1-4H3,(H,18,21). The SMILES string of the molecule is CCOc1cccc(CNC(=O)C(C)(C)n2cnc(C)c2)c1. The molecule has 0 saturated heterocycles. The van der Waals surface area contributed by atoms with E-state index in [0.717, 1.165) is 17.0 Å². The van der Waals surface area contributed by atoms with Gasteiger partial charge in [0.25, 0.3) is 0 Å². The molecule has 22 heavy (non-hydrogen) atoms. The number of amides is 1. The maximum Gasteiger partial charge on any atom is 0.245 e. The Balaban J connectivity index is 2.01. The van der Waals surface area contributed by atoms with Gasteiger partial charge in [0.15, 0.2) is 0 Å². The summed E-state index contributed by atoms with van der Waals surface area (Å²) in [5, 5.41) is 2.97. The van der Waals surface area contributed by atoms with Crippen molar-refractivity contribution in [3.05, 3.63) is 48.0 Å². The number of hydrogen-bond donors (Lipinski definition) is 1. The molecule has 1 amide bonds. The van der Waals surface area contributed by atoms with Crippen LogP contribution < -0.4 is 10.1 Å². The van der Waals surface area contributed by atoms with Crippen LogP contribution in [-0.2, 0) is 16.9 Å². The van der Waals surface area contributed by atoms with Crippen molar-refractivity contribution in [3.63, 3.8) is 0 Å². The number of hydrogen-bond acceptors (Lipinski definition) is 3. The van der Waals surface area contributed by atoms with Gasteiger partial charge in [-0.3, -0.25) is 4.79 Å². The Kier molecular flexibility index (Phi) is 4.85. The first-order valence-electron chi connectivity index (χ1n) is 7.44. The number of aromatic nitrogens is 2. The highest BCUT2D eigenvalue weighted by atomic mass is 16.5. The molecule has 0 atom stereocenters. The fourth-order valence-corrected chi connectivity index (χ4v) is 2.15. The summed E-state index contributed by atoms with van der Waals surface area (Å²) < 4.78 is 7.30. The van der Waals surface area contributed by atoms with E-state index in [0.29, 0.717) is 13.2 Å². The van der Waals surface area contributed by atoms with E-state index in [1.807, 2.05) is 62.7 Å². The second-order valence-corrected chi connectivity index (χ2v) is 5.74. The average Bonchev–Trinajstić information content (AvgIpc) is 2.93. The van der Waals surface area contributed by atoms with Crippen molar-refractivity contribution in [2.75, 3.05) is 6.61 Å². The van der Waals surface area contributed by atoms with Crippen LogP contribution in [-0.4, -0.2) is 22.1 Å². The predicted octanol–water partition coefficient (Wildman–Crippen LogP) is 2.64. The first-order chi connectivity index (χ1) is 10.4. The number of nitrogens with one attached hydrogen (secondary N) is 1. The summed E-state index contributed by atoms with van der Waals surface area (Å²) in [6.45, 7) is 8.70. The van der Waals surface area contributed by atoms with Gasteiger partial charge < -0.3 is 14.6 Å². The minimum absolute atomic E-state index is 0.0493. The second kappa shape index (κ2) is 6.64. The molecule has 0 spiro atoms. The van der Waals surface area contributed by atoms with Crippen molar-refractivity contribution in [1.29, 1.82) is 0 Å². The normalized spacial score (nSPS) is 11.3. The largest absolute Gasteiger partial charge is 0.494 e. The van der Waals surface area contributed by atoms with Crippen molar-refractivity contribution < 1.29 is 9.53 Å². The van der Waals surface area contributed by atoms with Crippen molar-refractivity contribution in [2.45, 2.75) is 39.8 Å². The quantitative estimate of drug-likeness (QED) is 0.892. The summed E-state index contributed by atoms with van der Waals surface area (Å²) in [5.74, 6) is 0.769. The van der Waals surface area contributed by atoms with E-state index >= 15 is 0 Å². The molecule has 1 aromatic heterocycles. The van der Waals surface area contributed by atoms with Gasteiger partial charge in [0, 0.05) is 12.7 Å². The second-order valence-electron chi connectivity index (χ2n) is 5.74. The molecule has 0 unspecified atom stereocenters. The Hall–Kier alpha value is -2.30. The highest BCUT2D eigenvalue weighted by molar-refractivity contribution is 5.83. The summed E-state index contributed by atoms with van der Waals surface area (Å²) in [5.41, 5.74) is 1.22. The molecule has 2 aromatic rings. The fraction of sp³-hybridized carbons (Fsp3) is 0.412. The van der Waals surface area contributed by atoms with Crippen LogP contribution in [0.3, 0.4) is 0 Å². The zero-order valence-corrected chi connectivity index (χ0v) is 13.6. The zero-order valence-electron chi connectivity index (χ0n) is 13.6. The van der Waals surface area contributed by atoms with Crippen LogP contribution in [0, 0.1) is 6.92 Å². The van der Waals surface area contributed by atoms with Gasteiger partial charge in [-0.15, -0.1) is 0 Å². The van der Waals surface area contributed by atoms with Gasteiger partial charge in [-0.05, 0) is 45.4 Å². The summed E-state index contributed by atoms with van der Waals surface area (Å²) in [7, 11) is 0. The van der Waals surface area contributed by atoms with Crippen LogP contribution in [0.5, 0.6) is 5.75 Å². The lowest BCUT2D eigenvalue weighted by molar-refractivity contribution is -0.128. The maximum atomic E-state index is 12.5. The minimum Gasteiger partial charge on any atom is -0.494 e. The molecule has 0 radical (unpaired) electrons. The van der Waals surface area contributed by atoms with E-state index < -0.39 is 5.54 Å². The van der Waals surface area contributed by atoms with Gasteiger partial charge in [-0.2, -0.15) is 0 Å². The van der Waals surface area contributed by atoms with Gasteiger partial charge >= 0.3 is 0 Å². The van der Waals surface area contributed by atoms with E-state index in [4.69, 9.17) is 4.74 Å². The van der Waals surface area contributed by atoms with Crippen LogP contribution in [0.4, 0.5) is 0 Å². The molecule has 118 valence electrons. The third-order valence-electron chi connectivity index (χ3n) is 3.58. The van der Waals surface area contributed by atoms with Crippen LogP contribution in [0.1, 0.15) is 32.0 Å². The summed E-state index contributed by atoms with van der Waals surface area (Å²) >= 11 is 0. The molecule has 0 aliphatic heterocycles. The highest BCUT2D eigenvalue weighted by Gasteiger charge is 2.29. The van der Waals surface area contributed by atoms with Crippen LogP contribution >= 0.6 is 0 Å². The molecule has 1 heterocycles. The average molecular weight is 301 g/mol. The van der Waals surface area contributed by atoms with Crippen molar-refractivity contribution in [3.8, 4) is 5.75 Å². The number of benzene rings is 1. The molecule has 0 saturated carbocycles. The van der Waals surface area contributed by atoms with E-state index in [2.05, 4.69) is 10.3 Å². The molecule has 1 N–H and O–H groups in total. The van der Waals surface area contributed by atoms with E-state index in [1.165, 1.54) is 0 Å². The lowest BCUT2D eigenvalue weighted by Crippen LogP contribution is -2.43. The topological polar surface area (TPSA) is 56.1 Å². The lowest BCUT2D eigenvalue weighted by Gasteiger charge is -2.25. The predicted molar refractivity (Wildman–Crippen MR) is 85.7 cm³/mol. The minimum atomic E-state index is -0.682. The number of aryl methyl sites for hydroxylation is 1. The number of carbonyl (C=O) groups is 1. The van der Waals surface area contributed by atoms with Crippen molar-refractivity contribution in [2.24, 2.45) is 0 Å². The molecular weight excluding hydrogens is 278 g/mol. The Morgan fingerprint density at radius 3 is 2.82 bits per heavy atom. The molecule has 5 heteroatoms. The first-order valence-corrected chi connectivity index (χ1v) is 7.44. The van der Waals surface area contributed by atoms with E-state index in [9.17, 15) is 4.79 Å². The summed E-state index contributed by atoms with van der Waals surface area (Å²) in [6.07, 6.45) is 3.56. The molecule has 5 nitrogen and oxygen atoms in total. The van der Waals surface area contributed by atoms with Gasteiger partial charge in [-0.1, -0.05) is 12.1 Å². The first kappa shape index (κ1) is 16.1. The Morgan fingerprint density at radius 1 is 1.41 bits per heavy atom. The van der Waals surface area contributed by atoms with Crippen LogP contribution in [0.15, 0.2) is 36.8 Å². The molecule has 0 aliphatic rings. The monoisotopic (exact) mass is 301 g/mol. The molecule has 0 fully saturated rings. The summed E-state index contributed by atoms with van der Waals surface area (Å²) in [6, 6.07) is 7.75. The molecule has 0 bridgehead atoms. The van der Waals surface area contributed by atoms with E-state index in [-0.39, 0.29) is 5.91 Å². The van der Waals surface area contributed by atoms with Gasteiger partial charge in [0.2, 0.25) is 5.91 Å². The maximum absolute atomic E-state index is 12.5. The number of ether oxygens (including phenoxy) is 1. The number of nitrogens with zero attached hydrogens (tertiary/aromatic N) is 2.